The van der Waals surface area contributed by atoms with Gasteiger partial charge in [-0.25, -0.2) is 0 Å². The lowest BCUT2D eigenvalue weighted by atomic mass is 10.1. The van der Waals surface area contributed by atoms with Gasteiger partial charge in [0.15, 0.2) is 0 Å². The van der Waals surface area contributed by atoms with E-state index in [2.05, 4.69) is 16.7 Å². The van der Waals surface area contributed by atoms with Crippen LogP contribution in [0.1, 0.15) is 45.4 Å². The number of ether oxygens (including phenoxy) is 1. The van der Waals surface area contributed by atoms with Crippen molar-refractivity contribution in [2.24, 2.45) is 0 Å². The van der Waals surface area contributed by atoms with E-state index in [0.717, 1.165) is 13.2 Å². The average molecular weight is 254 g/mol. The highest BCUT2D eigenvalue weighted by Gasteiger charge is 2.19. The third-order valence-electron chi connectivity index (χ3n) is 4.26. The van der Waals surface area contributed by atoms with Crippen LogP contribution in [-0.4, -0.2) is 61.8 Å². The van der Waals surface area contributed by atoms with Gasteiger partial charge in [0.1, 0.15) is 0 Å². The fraction of sp³-hybridized carbons (Fsp3) is 1.00. The summed E-state index contributed by atoms with van der Waals surface area (Å²) in [6.07, 6.45) is 8.67. The molecule has 2 heterocycles. The molecule has 0 radical (unpaired) electrons. The highest BCUT2D eigenvalue weighted by molar-refractivity contribution is 4.74. The van der Waals surface area contributed by atoms with E-state index in [1.54, 1.807) is 0 Å². The van der Waals surface area contributed by atoms with E-state index in [-0.39, 0.29) is 0 Å². The van der Waals surface area contributed by atoms with Gasteiger partial charge in [0.05, 0.1) is 6.10 Å². The lowest BCUT2D eigenvalue weighted by Gasteiger charge is -2.33. The molecular weight excluding hydrogens is 224 g/mol. The van der Waals surface area contributed by atoms with Crippen molar-refractivity contribution >= 4 is 0 Å². The first-order valence-corrected chi connectivity index (χ1v) is 7.95. The second-order valence-electron chi connectivity index (χ2n) is 5.78. The first kappa shape index (κ1) is 14.3. The average Bonchev–Trinajstić information content (AvgIpc) is 2.41. The Morgan fingerprint density at radius 2 is 1.67 bits per heavy atom. The summed E-state index contributed by atoms with van der Waals surface area (Å²) in [4.78, 5) is 5.25. The summed E-state index contributed by atoms with van der Waals surface area (Å²) < 4.78 is 5.76. The van der Waals surface area contributed by atoms with Gasteiger partial charge in [-0.15, -0.1) is 0 Å². The first-order valence-electron chi connectivity index (χ1n) is 7.95. The van der Waals surface area contributed by atoms with Crippen LogP contribution >= 0.6 is 0 Å². The molecule has 0 aliphatic carbocycles. The molecule has 0 N–H and O–H groups in total. The van der Waals surface area contributed by atoms with Crippen molar-refractivity contribution in [3.8, 4) is 0 Å². The van der Waals surface area contributed by atoms with E-state index in [4.69, 9.17) is 4.74 Å². The molecule has 3 heteroatoms. The largest absolute Gasteiger partial charge is 0.377 e. The lowest BCUT2D eigenvalue weighted by molar-refractivity contribution is 0.00499. The van der Waals surface area contributed by atoms with Gasteiger partial charge < -0.3 is 14.5 Å². The summed E-state index contributed by atoms with van der Waals surface area (Å²) in [5.74, 6) is 0. The van der Waals surface area contributed by atoms with Gasteiger partial charge in [0.2, 0.25) is 0 Å². The minimum Gasteiger partial charge on any atom is -0.377 e. The summed E-state index contributed by atoms with van der Waals surface area (Å²) >= 11 is 0. The quantitative estimate of drug-likeness (QED) is 0.724. The molecule has 18 heavy (non-hydrogen) atoms. The molecule has 0 aromatic heterocycles. The Labute approximate surface area is 112 Å². The molecule has 1 unspecified atom stereocenters. The number of piperidine rings is 2. The molecule has 0 amide bonds. The molecule has 0 aromatic rings. The molecule has 0 saturated carbocycles. The monoisotopic (exact) mass is 254 g/mol. The number of likely N-dealkylation sites (tertiary alicyclic amines) is 2. The summed E-state index contributed by atoms with van der Waals surface area (Å²) in [5, 5.41) is 0. The predicted molar refractivity (Wildman–Crippen MR) is 76.0 cm³/mol. The third kappa shape index (κ3) is 4.87. The van der Waals surface area contributed by atoms with Crippen molar-refractivity contribution in [1.29, 1.82) is 0 Å². The topological polar surface area (TPSA) is 15.7 Å². The van der Waals surface area contributed by atoms with Crippen molar-refractivity contribution in [2.75, 3.05) is 45.9 Å². The molecule has 2 rings (SSSR count). The molecule has 2 fully saturated rings. The Bertz CT molecular complexity index is 215. The van der Waals surface area contributed by atoms with E-state index in [9.17, 15) is 0 Å². The SMILES string of the molecule is CCOC1CCCN(CCCN2CCCCC2)C1. The number of rotatable bonds is 6. The third-order valence-corrected chi connectivity index (χ3v) is 4.26. The van der Waals surface area contributed by atoms with Crippen LogP contribution in [0.4, 0.5) is 0 Å². The normalized spacial score (nSPS) is 27.5. The zero-order chi connectivity index (χ0) is 12.6. The molecule has 0 aromatic carbocycles. The zero-order valence-corrected chi connectivity index (χ0v) is 12.1. The van der Waals surface area contributed by atoms with Crippen LogP contribution in [0.5, 0.6) is 0 Å². The summed E-state index contributed by atoms with van der Waals surface area (Å²) in [7, 11) is 0. The Morgan fingerprint density at radius 3 is 2.44 bits per heavy atom. The Hall–Kier alpha value is -0.120. The maximum Gasteiger partial charge on any atom is 0.0702 e. The standard InChI is InChI=1S/C15H30N2O/c1-2-18-15-8-6-11-17(14-15)13-7-12-16-9-4-3-5-10-16/h15H,2-14H2,1H3. The van der Waals surface area contributed by atoms with Gasteiger partial charge in [-0.3, -0.25) is 0 Å². The Balaban J connectivity index is 1.57. The lowest BCUT2D eigenvalue weighted by Crippen LogP contribution is -2.41. The smallest absolute Gasteiger partial charge is 0.0702 e. The van der Waals surface area contributed by atoms with E-state index in [1.807, 2.05) is 0 Å². The molecule has 2 saturated heterocycles. The summed E-state index contributed by atoms with van der Waals surface area (Å²) in [6.45, 7) is 10.7. The molecule has 106 valence electrons. The van der Waals surface area contributed by atoms with Crippen LogP contribution in [0, 0.1) is 0 Å². The molecule has 3 nitrogen and oxygen atoms in total. The van der Waals surface area contributed by atoms with Gasteiger partial charge in [-0.2, -0.15) is 0 Å². The van der Waals surface area contributed by atoms with Crippen LogP contribution in [-0.2, 0) is 4.74 Å². The van der Waals surface area contributed by atoms with Gasteiger partial charge >= 0.3 is 0 Å². The van der Waals surface area contributed by atoms with Crippen molar-refractivity contribution in [3.05, 3.63) is 0 Å². The fourth-order valence-electron chi connectivity index (χ4n) is 3.29. The predicted octanol–water partition coefficient (Wildman–Crippen LogP) is 2.36. The van der Waals surface area contributed by atoms with E-state index < -0.39 is 0 Å². The molecule has 2 aliphatic rings. The van der Waals surface area contributed by atoms with Crippen LogP contribution in [0.15, 0.2) is 0 Å². The minimum atomic E-state index is 0.499. The minimum absolute atomic E-state index is 0.499. The maximum atomic E-state index is 5.76. The molecule has 0 spiro atoms. The zero-order valence-electron chi connectivity index (χ0n) is 12.1. The van der Waals surface area contributed by atoms with Gasteiger partial charge in [0, 0.05) is 13.2 Å². The van der Waals surface area contributed by atoms with Crippen LogP contribution in [0.3, 0.4) is 0 Å². The number of hydrogen-bond donors (Lipinski definition) is 0. The van der Waals surface area contributed by atoms with Crippen molar-refractivity contribution in [3.63, 3.8) is 0 Å². The van der Waals surface area contributed by atoms with Crippen molar-refractivity contribution in [2.45, 2.75) is 51.6 Å². The molecule has 1 atom stereocenters. The Kier molecular flexibility index (Phi) is 6.46. The van der Waals surface area contributed by atoms with Crippen molar-refractivity contribution < 1.29 is 4.74 Å². The second-order valence-corrected chi connectivity index (χ2v) is 5.78. The van der Waals surface area contributed by atoms with E-state index in [1.165, 1.54) is 71.2 Å². The van der Waals surface area contributed by atoms with E-state index in [0.29, 0.717) is 6.10 Å². The highest BCUT2D eigenvalue weighted by Crippen LogP contribution is 2.14. The summed E-state index contributed by atoms with van der Waals surface area (Å²) in [6, 6.07) is 0. The number of nitrogens with zero attached hydrogens (tertiary/aromatic N) is 2. The maximum absolute atomic E-state index is 5.76. The van der Waals surface area contributed by atoms with Crippen molar-refractivity contribution in [1.82, 2.24) is 9.80 Å². The highest BCUT2D eigenvalue weighted by atomic mass is 16.5. The molecule has 2 aliphatic heterocycles. The van der Waals surface area contributed by atoms with E-state index >= 15 is 0 Å². The summed E-state index contributed by atoms with van der Waals surface area (Å²) in [5.41, 5.74) is 0. The first-order chi connectivity index (χ1) is 8.88. The molecule has 0 bridgehead atoms. The van der Waals surface area contributed by atoms with Crippen LogP contribution in [0.25, 0.3) is 0 Å². The molecular formula is C15H30N2O. The fourth-order valence-corrected chi connectivity index (χ4v) is 3.29. The Morgan fingerprint density at radius 1 is 0.944 bits per heavy atom. The van der Waals surface area contributed by atoms with Gasteiger partial charge in [0.25, 0.3) is 0 Å². The van der Waals surface area contributed by atoms with Crippen LogP contribution in [0.2, 0.25) is 0 Å². The number of hydrogen-bond acceptors (Lipinski definition) is 3. The van der Waals surface area contributed by atoms with Gasteiger partial charge in [-0.1, -0.05) is 6.42 Å². The second kappa shape index (κ2) is 8.13. The van der Waals surface area contributed by atoms with Gasteiger partial charge in [-0.05, 0) is 71.8 Å². The van der Waals surface area contributed by atoms with Crippen LogP contribution < -0.4 is 0 Å².